The van der Waals surface area contributed by atoms with Crippen LogP contribution in [0.2, 0.25) is 0 Å². The highest BCUT2D eigenvalue weighted by Crippen LogP contribution is 2.23. The first-order chi connectivity index (χ1) is 5.65. The van der Waals surface area contributed by atoms with Crippen LogP contribution in [0.4, 0.5) is 0 Å². The van der Waals surface area contributed by atoms with Crippen molar-refractivity contribution in [2.24, 2.45) is 5.92 Å². The van der Waals surface area contributed by atoms with Gasteiger partial charge in [0.05, 0.1) is 0 Å². The van der Waals surface area contributed by atoms with Crippen molar-refractivity contribution >= 4 is 0 Å². The van der Waals surface area contributed by atoms with E-state index in [2.05, 4.69) is 6.58 Å². The maximum atomic E-state index is 9.64. The van der Waals surface area contributed by atoms with E-state index in [1.54, 1.807) is 12.1 Å². The van der Waals surface area contributed by atoms with Gasteiger partial charge in [-0.2, -0.15) is 0 Å². The van der Waals surface area contributed by atoms with E-state index in [4.69, 9.17) is 4.42 Å². The standard InChI is InChI=1S/C10H14O2/c1-4-7(2)10(11)9-6-5-8(3)12-9/h4-7,10-11H,1H2,2-3H3/t7-,10+/m1/s1. The van der Waals surface area contributed by atoms with Gasteiger partial charge in [-0.1, -0.05) is 13.0 Å². The Morgan fingerprint density at radius 2 is 2.25 bits per heavy atom. The largest absolute Gasteiger partial charge is 0.464 e. The van der Waals surface area contributed by atoms with E-state index in [1.807, 2.05) is 19.9 Å². The Morgan fingerprint density at radius 3 is 2.67 bits per heavy atom. The molecule has 0 aliphatic carbocycles. The first-order valence-corrected chi connectivity index (χ1v) is 4.02. The number of hydrogen-bond acceptors (Lipinski definition) is 2. The van der Waals surface area contributed by atoms with Crippen LogP contribution in [0.3, 0.4) is 0 Å². The first kappa shape index (κ1) is 9.07. The van der Waals surface area contributed by atoms with Crippen molar-refractivity contribution in [3.8, 4) is 0 Å². The van der Waals surface area contributed by atoms with Crippen LogP contribution in [0.1, 0.15) is 24.5 Å². The maximum absolute atomic E-state index is 9.64. The summed E-state index contributed by atoms with van der Waals surface area (Å²) in [5.74, 6) is 1.45. The maximum Gasteiger partial charge on any atom is 0.133 e. The molecular weight excluding hydrogens is 152 g/mol. The zero-order valence-electron chi connectivity index (χ0n) is 7.45. The van der Waals surface area contributed by atoms with Crippen molar-refractivity contribution in [3.05, 3.63) is 36.3 Å². The molecule has 0 aromatic carbocycles. The fourth-order valence-electron chi connectivity index (χ4n) is 1.00. The first-order valence-electron chi connectivity index (χ1n) is 4.02. The van der Waals surface area contributed by atoms with Gasteiger partial charge in [0.2, 0.25) is 0 Å². The second kappa shape index (κ2) is 3.59. The molecular formula is C10H14O2. The quantitative estimate of drug-likeness (QED) is 0.699. The van der Waals surface area contributed by atoms with Crippen LogP contribution in [-0.2, 0) is 0 Å². The smallest absolute Gasteiger partial charge is 0.133 e. The third kappa shape index (κ3) is 1.77. The minimum absolute atomic E-state index is 0.0237. The molecule has 2 nitrogen and oxygen atoms in total. The molecule has 0 saturated carbocycles. The highest BCUT2D eigenvalue weighted by atomic mass is 16.4. The summed E-state index contributed by atoms with van der Waals surface area (Å²) in [7, 11) is 0. The SMILES string of the molecule is C=C[C@@H](C)[C@H](O)c1ccc(C)o1. The Morgan fingerprint density at radius 1 is 1.58 bits per heavy atom. The van der Waals surface area contributed by atoms with E-state index in [-0.39, 0.29) is 5.92 Å². The Balaban J connectivity index is 2.77. The lowest BCUT2D eigenvalue weighted by atomic mass is 10.0. The van der Waals surface area contributed by atoms with Gasteiger partial charge in [-0.15, -0.1) is 6.58 Å². The summed E-state index contributed by atoms with van der Waals surface area (Å²) in [6.45, 7) is 7.37. The molecule has 2 heteroatoms. The summed E-state index contributed by atoms with van der Waals surface area (Å²) in [5, 5.41) is 9.64. The molecule has 1 aromatic heterocycles. The molecule has 0 aliphatic heterocycles. The molecule has 0 aliphatic rings. The van der Waals surface area contributed by atoms with Crippen molar-refractivity contribution in [3.63, 3.8) is 0 Å². The van der Waals surface area contributed by atoms with Crippen LogP contribution in [0, 0.1) is 12.8 Å². The molecule has 0 unspecified atom stereocenters. The Kier molecular flexibility index (Phi) is 2.71. The molecule has 0 fully saturated rings. The summed E-state index contributed by atoms with van der Waals surface area (Å²) >= 11 is 0. The average molecular weight is 166 g/mol. The molecule has 1 aromatic rings. The van der Waals surface area contributed by atoms with E-state index in [9.17, 15) is 5.11 Å². The third-order valence-corrected chi connectivity index (χ3v) is 1.92. The zero-order chi connectivity index (χ0) is 9.14. The highest BCUT2D eigenvalue weighted by molar-refractivity contribution is 5.09. The van der Waals surface area contributed by atoms with Crippen molar-refractivity contribution in [2.75, 3.05) is 0 Å². The molecule has 1 N–H and O–H groups in total. The number of hydrogen-bond donors (Lipinski definition) is 1. The molecule has 0 bridgehead atoms. The van der Waals surface area contributed by atoms with Gasteiger partial charge in [0, 0.05) is 5.92 Å². The average Bonchev–Trinajstić information content (AvgIpc) is 2.49. The molecule has 66 valence electrons. The molecule has 2 atom stereocenters. The molecule has 1 heterocycles. The summed E-state index contributed by atoms with van der Waals surface area (Å²) < 4.78 is 5.27. The monoisotopic (exact) mass is 166 g/mol. The van der Waals surface area contributed by atoms with E-state index in [0.29, 0.717) is 5.76 Å². The van der Waals surface area contributed by atoms with Gasteiger partial charge >= 0.3 is 0 Å². The lowest BCUT2D eigenvalue weighted by Crippen LogP contribution is -2.04. The van der Waals surface area contributed by atoms with Crippen LogP contribution >= 0.6 is 0 Å². The summed E-state index contributed by atoms with van der Waals surface area (Å²) in [6.07, 6.45) is 1.14. The van der Waals surface area contributed by atoms with E-state index in [1.165, 1.54) is 0 Å². The summed E-state index contributed by atoms with van der Waals surface area (Å²) in [5.41, 5.74) is 0. The van der Waals surface area contributed by atoms with Gasteiger partial charge in [-0.25, -0.2) is 0 Å². The van der Waals surface area contributed by atoms with E-state index >= 15 is 0 Å². The number of aliphatic hydroxyl groups excluding tert-OH is 1. The van der Waals surface area contributed by atoms with Crippen molar-refractivity contribution in [1.29, 1.82) is 0 Å². The van der Waals surface area contributed by atoms with Crippen LogP contribution in [-0.4, -0.2) is 5.11 Å². The molecule has 0 spiro atoms. The fourth-order valence-corrected chi connectivity index (χ4v) is 1.00. The fraction of sp³-hybridized carbons (Fsp3) is 0.400. The predicted molar refractivity (Wildman–Crippen MR) is 47.8 cm³/mol. The van der Waals surface area contributed by atoms with Gasteiger partial charge in [-0.05, 0) is 19.1 Å². The minimum Gasteiger partial charge on any atom is -0.464 e. The van der Waals surface area contributed by atoms with Gasteiger partial charge in [0.15, 0.2) is 0 Å². The lowest BCUT2D eigenvalue weighted by molar-refractivity contribution is 0.113. The van der Waals surface area contributed by atoms with Crippen molar-refractivity contribution < 1.29 is 9.52 Å². The predicted octanol–water partition coefficient (Wildman–Crippen LogP) is 2.44. The van der Waals surface area contributed by atoms with E-state index < -0.39 is 6.10 Å². The molecule has 0 radical (unpaired) electrons. The Bertz CT molecular complexity index is 263. The third-order valence-electron chi connectivity index (χ3n) is 1.92. The number of furan rings is 1. The van der Waals surface area contributed by atoms with Crippen molar-refractivity contribution in [1.82, 2.24) is 0 Å². The van der Waals surface area contributed by atoms with Crippen molar-refractivity contribution in [2.45, 2.75) is 20.0 Å². The number of aryl methyl sites for hydroxylation is 1. The normalized spacial score (nSPS) is 15.6. The highest BCUT2D eigenvalue weighted by Gasteiger charge is 2.16. The van der Waals surface area contributed by atoms with Crippen LogP contribution in [0.25, 0.3) is 0 Å². The zero-order valence-corrected chi connectivity index (χ0v) is 7.45. The molecule has 1 rings (SSSR count). The second-order valence-electron chi connectivity index (χ2n) is 2.99. The van der Waals surface area contributed by atoms with Gasteiger partial charge in [0.25, 0.3) is 0 Å². The lowest BCUT2D eigenvalue weighted by Gasteiger charge is -2.11. The molecule has 0 saturated heterocycles. The van der Waals surface area contributed by atoms with Gasteiger partial charge < -0.3 is 9.52 Å². The number of rotatable bonds is 3. The molecule has 12 heavy (non-hydrogen) atoms. The Hall–Kier alpha value is -1.02. The van der Waals surface area contributed by atoms with Crippen LogP contribution in [0.5, 0.6) is 0 Å². The van der Waals surface area contributed by atoms with Crippen LogP contribution < -0.4 is 0 Å². The Labute approximate surface area is 72.5 Å². The second-order valence-corrected chi connectivity index (χ2v) is 2.99. The van der Waals surface area contributed by atoms with Crippen LogP contribution in [0.15, 0.2) is 29.2 Å². The minimum atomic E-state index is -0.573. The van der Waals surface area contributed by atoms with E-state index in [0.717, 1.165) is 5.76 Å². The van der Waals surface area contributed by atoms with Gasteiger partial charge in [-0.3, -0.25) is 0 Å². The van der Waals surface area contributed by atoms with Gasteiger partial charge in [0.1, 0.15) is 17.6 Å². The summed E-state index contributed by atoms with van der Waals surface area (Å²) in [4.78, 5) is 0. The topological polar surface area (TPSA) is 33.4 Å². The molecule has 0 amide bonds. The summed E-state index contributed by atoms with van der Waals surface area (Å²) in [6, 6.07) is 3.63. The number of aliphatic hydroxyl groups is 1.